The molecule has 1 aromatic rings. The number of anilines is 1. The van der Waals surface area contributed by atoms with E-state index in [9.17, 15) is 18.4 Å². The number of piperidine rings is 1. The summed E-state index contributed by atoms with van der Waals surface area (Å²) < 4.78 is 34.5. The van der Waals surface area contributed by atoms with E-state index in [2.05, 4.69) is 5.48 Å². The first kappa shape index (κ1) is 25.7. The summed E-state index contributed by atoms with van der Waals surface area (Å²) in [4.78, 5) is 33.9. The summed E-state index contributed by atoms with van der Waals surface area (Å²) in [5.41, 5.74) is 4.23. The molecule has 10 heteroatoms. The van der Waals surface area contributed by atoms with Gasteiger partial charge >= 0.3 is 6.09 Å². The van der Waals surface area contributed by atoms with Crippen LogP contribution in [0.15, 0.2) is 23.9 Å². The summed E-state index contributed by atoms with van der Waals surface area (Å²) in [5.74, 6) is -1.27. The molecule has 34 heavy (non-hydrogen) atoms. The van der Waals surface area contributed by atoms with E-state index in [0.29, 0.717) is 45.4 Å². The van der Waals surface area contributed by atoms with Crippen LogP contribution in [0.5, 0.6) is 0 Å². The number of halogens is 2. The predicted octanol–water partition coefficient (Wildman–Crippen LogP) is 3.57. The number of hydroxylamine groups is 1. The van der Waals surface area contributed by atoms with Crippen LogP contribution in [0.4, 0.5) is 19.3 Å². The third kappa shape index (κ3) is 6.82. The highest BCUT2D eigenvalue weighted by Gasteiger charge is 2.26. The van der Waals surface area contributed by atoms with Crippen molar-refractivity contribution in [3.63, 3.8) is 0 Å². The molecule has 1 aromatic carbocycles. The van der Waals surface area contributed by atoms with Gasteiger partial charge in [-0.15, -0.1) is 0 Å². The van der Waals surface area contributed by atoms with Crippen LogP contribution in [-0.2, 0) is 20.9 Å². The van der Waals surface area contributed by atoms with E-state index in [1.54, 1.807) is 16.8 Å². The number of nitrogens with zero attached hydrogens (tertiary/aromatic N) is 3. The lowest BCUT2D eigenvalue weighted by Gasteiger charge is -2.33. The lowest BCUT2D eigenvalue weighted by molar-refractivity contribution is -0.128. The fourth-order valence-electron chi connectivity index (χ4n) is 3.88. The van der Waals surface area contributed by atoms with Gasteiger partial charge in [-0.1, -0.05) is 0 Å². The molecule has 0 spiro atoms. The second kappa shape index (κ2) is 11.5. The molecule has 3 rings (SSSR count). The highest BCUT2D eigenvalue weighted by atomic mass is 19.1. The molecule has 0 saturated carbocycles. The summed E-state index contributed by atoms with van der Waals surface area (Å²) >= 11 is 0. The Morgan fingerprint density at radius 2 is 1.88 bits per heavy atom. The van der Waals surface area contributed by atoms with Crippen LogP contribution in [0.25, 0.3) is 0 Å². The molecule has 1 N–H and O–H groups in total. The molecule has 0 bridgehead atoms. The topological polar surface area (TPSA) is 74.4 Å². The molecule has 0 unspecified atom stereocenters. The number of nitrogens with one attached hydrogen (secondary N) is 1. The van der Waals surface area contributed by atoms with Gasteiger partial charge in [0.25, 0.3) is 0 Å². The van der Waals surface area contributed by atoms with Crippen molar-refractivity contribution in [2.75, 3.05) is 38.1 Å². The van der Waals surface area contributed by atoms with E-state index < -0.39 is 11.6 Å². The monoisotopic (exact) mass is 480 g/mol. The third-order valence-electron chi connectivity index (χ3n) is 6.00. The number of benzene rings is 1. The molecule has 0 radical (unpaired) electrons. The maximum absolute atomic E-state index is 14.7. The third-order valence-corrected chi connectivity index (χ3v) is 6.00. The SMILES string of the molecule is CC(=O)N(C)Cc1cc(F)c(N2CC=C(NOC3CCN(C(=O)OC(C)C)CC3)CC2)cc1F. The Bertz CT molecular complexity index is 916. The van der Waals surface area contributed by atoms with Gasteiger partial charge in [0, 0.05) is 70.4 Å². The zero-order chi connectivity index (χ0) is 24.8. The van der Waals surface area contributed by atoms with Gasteiger partial charge < -0.3 is 19.4 Å². The first-order valence-electron chi connectivity index (χ1n) is 11.6. The molecular formula is C24H34F2N4O4. The Morgan fingerprint density at radius 3 is 2.47 bits per heavy atom. The van der Waals surface area contributed by atoms with Crippen molar-refractivity contribution in [2.24, 2.45) is 0 Å². The van der Waals surface area contributed by atoms with Crippen molar-refractivity contribution in [3.05, 3.63) is 41.1 Å². The standard InChI is InChI=1S/C24H34F2N4O4/c1-16(2)33-24(32)30-11-7-20(8-12-30)34-27-19-5-9-29(10-6-19)23-14-21(25)18(13-22(23)26)15-28(4)17(3)31/h5,13-14,16,20,27H,6-12,15H2,1-4H3. The molecule has 2 amide bonds. The quantitative estimate of drug-likeness (QED) is 0.602. The van der Waals surface area contributed by atoms with E-state index in [0.717, 1.165) is 11.8 Å². The zero-order valence-electron chi connectivity index (χ0n) is 20.3. The van der Waals surface area contributed by atoms with Gasteiger partial charge in [0.1, 0.15) is 11.6 Å². The van der Waals surface area contributed by atoms with Crippen LogP contribution in [0.3, 0.4) is 0 Å². The van der Waals surface area contributed by atoms with Crippen LogP contribution in [0.1, 0.15) is 45.6 Å². The van der Waals surface area contributed by atoms with E-state index in [1.807, 2.05) is 19.9 Å². The van der Waals surface area contributed by atoms with Gasteiger partial charge in [0.15, 0.2) is 0 Å². The lowest BCUT2D eigenvalue weighted by Crippen LogP contribution is -2.43. The average Bonchev–Trinajstić information content (AvgIpc) is 2.80. The molecule has 1 fully saturated rings. The van der Waals surface area contributed by atoms with Crippen LogP contribution < -0.4 is 10.4 Å². The van der Waals surface area contributed by atoms with E-state index in [4.69, 9.17) is 9.57 Å². The number of carbonyl (C=O) groups excluding carboxylic acids is 2. The molecule has 1 saturated heterocycles. The second-order valence-corrected chi connectivity index (χ2v) is 9.03. The number of ether oxygens (including phenoxy) is 1. The highest BCUT2D eigenvalue weighted by molar-refractivity contribution is 5.72. The highest BCUT2D eigenvalue weighted by Crippen LogP contribution is 2.26. The van der Waals surface area contributed by atoms with Gasteiger partial charge in [0.05, 0.1) is 17.9 Å². The second-order valence-electron chi connectivity index (χ2n) is 9.03. The zero-order valence-corrected chi connectivity index (χ0v) is 20.3. The molecule has 0 aliphatic carbocycles. The van der Waals surface area contributed by atoms with E-state index in [1.165, 1.54) is 17.9 Å². The number of hydrogen-bond donors (Lipinski definition) is 1. The molecule has 8 nitrogen and oxygen atoms in total. The number of amides is 2. The van der Waals surface area contributed by atoms with Gasteiger partial charge in [-0.25, -0.2) is 13.6 Å². The van der Waals surface area contributed by atoms with Gasteiger partial charge in [-0.05, 0) is 38.8 Å². The summed E-state index contributed by atoms with van der Waals surface area (Å²) in [6, 6.07) is 2.35. The van der Waals surface area contributed by atoms with Crippen molar-refractivity contribution >= 4 is 17.7 Å². The van der Waals surface area contributed by atoms with Crippen molar-refractivity contribution in [2.45, 2.75) is 58.8 Å². The Labute approximate surface area is 199 Å². The number of hydrogen-bond acceptors (Lipinski definition) is 6. The van der Waals surface area contributed by atoms with Crippen LogP contribution in [0.2, 0.25) is 0 Å². The largest absolute Gasteiger partial charge is 0.447 e. The molecule has 2 aliphatic rings. The molecule has 188 valence electrons. The van der Waals surface area contributed by atoms with Gasteiger partial charge in [-0.2, -0.15) is 0 Å². The smallest absolute Gasteiger partial charge is 0.410 e. The number of carbonyl (C=O) groups is 2. The summed E-state index contributed by atoms with van der Waals surface area (Å²) in [7, 11) is 1.55. The van der Waals surface area contributed by atoms with Crippen LogP contribution in [0, 0.1) is 11.6 Å². The fraction of sp³-hybridized carbons (Fsp3) is 0.583. The maximum atomic E-state index is 14.7. The first-order valence-corrected chi connectivity index (χ1v) is 11.6. The minimum Gasteiger partial charge on any atom is -0.447 e. The van der Waals surface area contributed by atoms with Crippen LogP contribution in [-0.4, -0.2) is 67.2 Å². The normalized spacial score (nSPS) is 17.0. The minimum atomic E-state index is -0.538. The Kier molecular flexibility index (Phi) is 8.71. The molecular weight excluding hydrogens is 446 g/mol. The number of rotatable bonds is 7. The predicted molar refractivity (Wildman–Crippen MR) is 124 cm³/mol. The Hall–Kier alpha value is -2.88. The van der Waals surface area contributed by atoms with Crippen LogP contribution >= 0.6 is 0 Å². The summed E-state index contributed by atoms with van der Waals surface area (Å²) in [5, 5.41) is 0. The van der Waals surface area contributed by atoms with E-state index in [-0.39, 0.29) is 42.0 Å². The maximum Gasteiger partial charge on any atom is 0.410 e. The summed E-state index contributed by atoms with van der Waals surface area (Å²) in [6.07, 6.45) is 3.44. The number of likely N-dealkylation sites (tertiary alicyclic amines) is 1. The molecule has 0 atom stereocenters. The van der Waals surface area contributed by atoms with Gasteiger partial charge in [0.2, 0.25) is 5.91 Å². The lowest BCUT2D eigenvalue weighted by atomic mass is 10.1. The van der Waals surface area contributed by atoms with Crippen molar-refractivity contribution in [3.8, 4) is 0 Å². The Balaban J connectivity index is 1.48. The molecule has 2 aliphatic heterocycles. The average molecular weight is 481 g/mol. The Morgan fingerprint density at radius 1 is 1.18 bits per heavy atom. The summed E-state index contributed by atoms with van der Waals surface area (Å²) in [6.45, 7) is 7.12. The first-order chi connectivity index (χ1) is 16.1. The van der Waals surface area contributed by atoms with Gasteiger partial charge in [-0.3, -0.25) is 15.1 Å². The molecule has 0 aromatic heterocycles. The fourth-order valence-corrected chi connectivity index (χ4v) is 3.88. The molecule has 2 heterocycles. The minimum absolute atomic E-state index is 0.0154. The van der Waals surface area contributed by atoms with Crippen molar-refractivity contribution in [1.29, 1.82) is 0 Å². The van der Waals surface area contributed by atoms with E-state index >= 15 is 0 Å². The van der Waals surface area contributed by atoms with Crippen molar-refractivity contribution < 1.29 is 27.9 Å². The van der Waals surface area contributed by atoms with Crippen molar-refractivity contribution in [1.82, 2.24) is 15.3 Å².